The molecule has 80 valence electrons. The van der Waals surface area contributed by atoms with Gasteiger partial charge in [0.2, 0.25) is 0 Å². The molecule has 0 amide bonds. The van der Waals surface area contributed by atoms with Crippen LogP contribution in [0.15, 0.2) is 24.3 Å². The molecule has 0 aliphatic heterocycles. The van der Waals surface area contributed by atoms with Crippen LogP contribution in [0.1, 0.15) is 11.1 Å². The molecular formula is C8H8BrClF3N. The summed E-state index contributed by atoms with van der Waals surface area (Å²) in [6, 6.07) is 5.02. The van der Waals surface area contributed by atoms with Crippen molar-refractivity contribution in [2.45, 2.75) is 12.7 Å². The maximum Gasteiger partial charge on any atom is 0.416 e. The average molecular weight is 291 g/mol. The predicted molar refractivity (Wildman–Crippen MR) is 54.5 cm³/mol. The second-order valence-electron chi connectivity index (χ2n) is 2.51. The molecule has 1 aromatic carbocycles. The first-order valence-corrected chi connectivity index (χ1v) is 3.91. The number of hydrogen-bond donors (Lipinski definition) is 1. The van der Waals surface area contributed by atoms with Gasteiger partial charge in [-0.1, -0.05) is 18.2 Å². The first-order chi connectivity index (χ1) is 6.04. The lowest BCUT2D eigenvalue weighted by atomic mass is 10.1. The van der Waals surface area contributed by atoms with Gasteiger partial charge < -0.3 is 0 Å². The smallest absolute Gasteiger partial charge is 0.229 e. The molecule has 0 aliphatic carbocycles. The zero-order valence-corrected chi connectivity index (χ0v) is 9.41. The minimum absolute atomic E-state index is 0. The normalized spacial score (nSPS) is 10.9. The van der Waals surface area contributed by atoms with Gasteiger partial charge in [-0.25, -0.2) is 4.84 Å². The lowest BCUT2D eigenvalue weighted by Gasteiger charge is -2.07. The van der Waals surface area contributed by atoms with Crippen LogP contribution in [0.5, 0.6) is 0 Å². The quantitative estimate of drug-likeness (QED) is 0.822. The van der Waals surface area contributed by atoms with Crippen LogP contribution in [0.25, 0.3) is 0 Å². The molecule has 0 saturated carbocycles. The molecule has 0 spiro atoms. The van der Waals surface area contributed by atoms with E-state index in [0.29, 0.717) is 5.56 Å². The third kappa shape index (κ3) is 3.86. The Kier molecular flexibility index (Phi) is 5.48. The van der Waals surface area contributed by atoms with E-state index in [1.54, 1.807) is 6.07 Å². The number of alkyl halides is 3. The molecule has 0 aliphatic rings. The largest absolute Gasteiger partial charge is 0.416 e. The molecule has 1 N–H and O–H groups in total. The Labute approximate surface area is 95.1 Å². The van der Waals surface area contributed by atoms with Crippen molar-refractivity contribution < 1.29 is 13.2 Å². The van der Waals surface area contributed by atoms with Gasteiger partial charge in [-0.2, -0.15) is 13.2 Å². The molecule has 0 radical (unpaired) electrons. The highest BCUT2D eigenvalue weighted by Gasteiger charge is 2.30. The predicted octanol–water partition coefficient (Wildman–Crippen LogP) is 3.53. The minimum Gasteiger partial charge on any atom is -0.229 e. The van der Waals surface area contributed by atoms with Crippen molar-refractivity contribution in [3.05, 3.63) is 35.4 Å². The van der Waals surface area contributed by atoms with Crippen molar-refractivity contribution in [3.8, 4) is 0 Å². The van der Waals surface area contributed by atoms with Gasteiger partial charge in [0.1, 0.15) is 0 Å². The molecule has 1 aromatic rings. The van der Waals surface area contributed by atoms with Crippen LogP contribution >= 0.6 is 28.8 Å². The Morgan fingerprint density at radius 2 is 1.93 bits per heavy atom. The van der Waals surface area contributed by atoms with Crippen molar-refractivity contribution in [2.75, 3.05) is 0 Å². The number of hydrogen-bond acceptors (Lipinski definition) is 1. The summed E-state index contributed by atoms with van der Waals surface area (Å²) >= 11 is 5.17. The molecule has 14 heavy (non-hydrogen) atoms. The van der Waals surface area contributed by atoms with E-state index in [2.05, 4.69) is 4.84 Å². The summed E-state index contributed by atoms with van der Waals surface area (Å²) in [6.45, 7) is 0.214. The molecule has 0 bridgehead atoms. The van der Waals surface area contributed by atoms with Gasteiger partial charge >= 0.3 is 6.18 Å². The SMILES string of the molecule is Br.FC(F)(F)c1cccc(CNCl)c1. The first-order valence-electron chi connectivity index (χ1n) is 3.53. The van der Waals surface area contributed by atoms with Gasteiger partial charge in [0.25, 0.3) is 0 Å². The highest BCUT2D eigenvalue weighted by molar-refractivity contribution is 8.93. The molecule has 1 nitrogen and oxygen atoms in total. The highest BCUT2D eigenvalue weighted by atomic mass is 79.9. The Morgan fingerprint density at radius 3 is 2.43 bits per heavy atom. The standard InChI is InChI=1S/C8H7ClF3N.BrH/c9-13-5-6-2-1-3-7(4-6)8(10,11)12;/h1-4,13H,5H2;1H. The van der Waals surface area contributed by atoms with Crippen LogP contribution in [0.4, 0.5) is 13.2 Å². The third-order valence-electron chi connectivity index (χ3n) is 1.53. The van der Waals surface area contributed by atoms with Gasteiger partial charge in [-0.3, -0.25) is 0 Å². The topological polar surface area (TPSA) is 12.0 Å². The van der Waals surface area contributed by atoms with Crippen molar-refractivity contribution in [1.82, 2.24) is 4.84 Å². The van der Waals surface area contributed by atoms with Crippen molar-refractivity contribution in [2.24, 2.45) is 0 Å². The number of rotatable bonds is 2. The van der Waals surface area contributed by atoms with Crippen LogP contribution in [0, 0.1) is 0 Å². The summed E-state index contributed by atoms with van der Waals surface area (Å²) in [5, 5.41) is 0. The van der Waals surface area contributed by atoms with Gasteiger partial charge in [0.15, 0.2) is 0 Å². The fourth-order valence-corrected chi connectivity index (χ4v) is 1.09. The van der Waals surface area contributed by atoms with Crippen molar-refractivity contribution >= 4 is 28.8 Å². The van der Waals surface area contributed by atoms with Crippen molar-refractivity contribution in [1.29, 1.82) is 0 Å². The average Bonchev–Trinajstić information content (AvgIpc) is 2.04. The van der Waals surface area contributed by atoms with Gasteiger partial charge in [0.05, 0.1) is 5.56 Å². The molecule has 6 heteroatoms. The Morgan fingerprint density at radius 1 is 1.29 bits per heavy atom. The van der Waals surface area contributed by atoms with Crippen LogP contribution in [0.2, 0.25) is 0 Å². The van der Waals surface area contributed by atoms with Crippen LogP contribution in [-0.4, -0.2) is 0 Å². The van der Waals surface area contributed by atoms with Crippen LogP contribution in [-0.2, 0) is 12.7 Å². The maximum atomic E-state index is 12.2. The van der Waals surface area contributed by atoms with E-state index < -0.39 is 11.7 Å². The number of benzene rings is 1. The van der Waals surface area contributed by atoms with Gasteiger partial charge in [-0.15, -0.1) is 17.0 Å². The highest BCUT2D eigenvalue weighted by Crippen LogP contribution is 2.29. The Bertz CT molecular complexity index is 290. The summed E-state index contributed by atoms with van der Waals surface area (Å²) in [5.41, 5.74) is -0.151. The molecular weight excluding hydrogens is 282 g/mol. The third-order valence-corrected chi connectivity index (χ3v) is 1.66. The summed E-state index contributed by atoms with van der Waals surface area (Å²) in [4.78, 5) is 2.27. The second kappa shape index (κ2) is 5.58. The zero-order valence-electron chi connectivity index (χ0n) is 6.94. The van der Waals surface area contributed by atoms with Crippen molar-refractivity contribution in [3.63, 3.8) is 0 Å². The zero-order chi connectivity index (χ0) is 9.90. The molecule has 1 rings (SSSR count). The van der Waals surface area contributed by atoms with Crippen LogP contribution < -0.4 is 4.84 Å². The molecule has 0 fully saturated rings. The summed E-state index contributed by atoms with van der Waals surface area (Å²) in [5.74, 6) is 0. The Hall–Kier alpha value is -0.260. The lowest BCUT2D eigenvalue weighted by molar-refractivity contribution is -0.137. The van der Waals surface area contributed by atoms with E-state index >= 15 is 0 Å². The monoisotopic (exact) mass is 289 g/mol. The minimum atomic E-state index is -4.29. The van der Waals surface area contributed by atoms with Gasteiger partial charge in [0, 0.05) is 6.54 Å². The second-order valence-corrected chi connectivity index (χ2v) is 2.78. The molecule has 0 unspecified atom stereocenters. The first kappa shape index (κ1) is 13.7. The molecule has 0 saturated heterocycles. The summed E-state index contributed by atoms with van der Waals surface area (Å²) < 4.78 is 36.5. The number of halogens is 5. The van der Waals surface area contributed by atoms with Crippen LogP contribution in [0.3, 0.4) is 0 Å². The maximum absolute atomic E-state index is 12.2. The fraction of sp³-hybridized carbons (Fsp3) is 0.250. The van der Waals surface area contributed by atoms with E-state index in [-0.39, 0.29) is 23.5 Å². The number of nitrogens with one attached hydrogen (secondary N) is 1. The summed E-state index contributed by atoms with van der Waals surface area (Å²) in [7, 11) is 0. The van der Waals surface area contributed by atoms with E-state index in [1.165, 1.54) is 6.07 Å². The van der Waals surface area contributed by atoms with E-state index in [4.69, 9.17) is 11.8 Å². The molecule has 0 aromatic heterocycles. The fourth-order valence-electron chi connectivity index (χ4n) is 0.935. The lowest BCUT2D eigenvalue weighted by Crippen LogP contribution is -2.06. The molecule has 0 atom stereocenters. The van der Waals surface area contributed by atoms with Gasteiger partial charge in [-0.05, 0) is 23.4 Å². The van der Waals surface area contributed by atoms with E-state index in [1.807, 2.05) is 0 Å². The van der Waals surface area contributed by atoms with E-state index in [9.17, 15) is 13.2 Å². The molecule has 0 heterocycles. The summed E-state index contributed by atoms with van der Waals surface area (Å²) in [6.07, 6.45) is -4.29. The Balaban J connectivity index is 0.00000169. The van der Waals surface area contributed by atoms with E-state index in [0.717, 1.165) is 12.1 Å².